The molecule has 0 unspecified atom stereocenters. The van der Waals surface area contributed by atoms with Gasteiger partial charge in [0, 0.05) is 4.90 Å². The molecule has 3 aromatic rings. The summed E-state index contributed by atoms with van der Waals surface area (Å²) in [6.45, 7) is 0.824. The van der Waals surface area contributed by atoms with Crippen LogP contribution in [0.4, 0.5) is 14.7 Å². The summed E-state index contributed by atoms with van der Waals surface area (Å²) in [6.07, 6.45) is 0.161. The van der Waals surface area contributed by atoms with Crippen LogP contribution in [-0.2, 0) is 11.5 Å². The van der Waals surface area contributed by atoms with Crippen molar-refractivity contribution in [1.82, 2.24) is 19.5 Å². The number of rotatable bonds is 7. The molecule has 138 valence electrons. The molecule has 1 aromatic carbocycles. The van der Waals surface area contributed by atoms with Crippen LogP contribution in [0.5, 0.6) is 0 Å². The Kier molecular flexibility index (Phi) is 5.90. The van der Waals surface area contributed by atoms with Crippen LogP contribution >= 0.6 is 23.4 Å². The highest BCUT2D eigenvalue weighted by Crippen LogP contribution is 2.28. The summed E-state index contributed by atoms with van der Waals surface area (Å²) in [5.41, 5.74) is 5.74. The summed E-state index contributed by atoms with van der Waals surface area (Å²) in [6, 6.07) is 7.30. The maximum absolute atomic E-state index is 14.4. The Balaban J connectivity index is 1.68. The summed E-state index contributed by atoms with van der Waals surface area (Å²) < 4.78 is 34.6. The van der Waals surface area contributed by atoms with Crippen LogP contribution in [0.15, 0.2) is 35.5 Å². The van der Waals surface area contributed by atoms with Gasteiger partial charge in [0.05, 0.1) is 6.33 Å². The number of imidazole rings is 1. The van der Waals surface area contributed by atoms with Gasteiger partial charge < -0.3 is 10.5 Å². The fourth-order valence-corrected chi connectivity index (χ4v) is 3.29. The molecular formula is C16H16ClF2N5OS. The van der Waals surface area contributed by atoms with E-state index in [1.165, 1.54) is 10.9 Å². The van der Waals surface area contributed by atoms with E-state index >= 15 is 0 Å². The number of thioether (sulfide) groups is 1. The van der Waals surface area contributed by atoms with Gasteiger partial charge in [-0.25, -0.2) is 13.8 Å². The Hall–Kier alpha value is -1.97. The van der Waals surface area contributed by atoms with Gasteiger partial charge in [0.25, 0.3) is 0 Å². The second-order valence-corrected chi connectivity index (χ2v) is 7.05. The van der Waals surface area contributed by atoms with Gasteiger partial charge in [-0.2, -0.15) is 9.97 Å². The van der Waals surface area contributed by atoms with Crippen LogP contribution in [0.3, 0.4) is 0 Å². The number of nitrogens with two attached hydrogens (primary N) is 1. The number of aryl methyl sites for hydroxylation is 1. The number of fused-ring (bicyclic) bond motifs is 1. The Morgan fingerprint density at radius 2 is 2.04 bits per heavy atom. The number of aromatic nitrogens is 4. The zero-order valence-electron chi connectivity index (χ0n) is 13.8. The van der Waals surface area contributed by atoms with E-state index in [-0.39, 0.29) is 17.8 Å². The first-order valence-corrected chi connectivity index (χ1v) is 8.92. The van der Waals surface area contributed by atoms with Crippen molar-refractivity contribution < 1.29 is 13.5 Å². The van der Waals surface area contributed by atoms with Gasteiger partial charge in [0.15, 0.2) is 16.3 Å². The summed E-state index contributed by atoms with van der Waals surface area (Å²) in [4.78, 5) is 12.6. The summed E-state index contributed by atoms with van der Waals surface area (Å²) in [7, 11) is 0. The van der Waals surface area contributed by atoms with Crippen molar-refractivity contribution in [3.05, 3.63) is 41.3 Å². The third-order valence-electron chi connectivity index (χ3n) is 3.58. The molecule has 0 saturated carbocycles. The number of nitrogen functional groups attached to an aromatic ring is 1. The predicted octanol–water partition coefficient (Wildman–Crippen LogP) is 3.77. The van der Waals surface area contributed by atoms with E-state index in [0.717, 1.165) is 17.3 Å². The molecule has 3 rings (SSSR count). The third kappa shape index (κ3) is 4.22. The largest absolute Gasteiger partial charge is 0.368 e. The van der Waals surface area contributed by atoms with Crippen LogP contribution in [0.25, 0.3) is 11.2 Å². The van der Waals surface area contributed by atoms with Gasteiger partial charge in [-0.3, -0.25) is 4.57 Å². The zero-order valence-corrected chi connectivity index (χ0v) is 15.3. The number of hydrogen-bond donors (Lipinski definition) is 1. The number of anilines is 1. The van der Waals surface area contributed by atoms with E-state index < -0.39 is 18.3 Å². The lowest BCUT2D eigenvalue weighted by atomic mass is 10.2. The SMILES string of the molecule is Cc1ccc(S[C@H](F)[C@H](CF)OCn2cnc3c(Cl)nc(N)nc32)cc1. The van der Waals surface area contributed by atoms with E-state index in [0.29, 0.717) is 16.1 Å². The monoisotopic (exact) mass is 399 g/mol. The predicted molar refractivity (Wildman–Crippen MR) is 97.5 cm³/mol. The van der Waals surface area contributed by atoms with Crippen molar-refractivity contribution >= 4 is 40.5 Å². The Bertz CT molecular complexity index is 892. The number of halogens is 3. The zero-order chi connectivity index (χ0) is 18.7. The van der Waals surface area contributed by atoms with Crippen molar-refractivity contribution in [2.24, 2.45) is 0 Å². The van der Waals surface area contributed by atoms with E-state index in [4.69, 9.17) is 22.1 Å². The van der Waals surface area contributed by atoms with Crippen LogP contribution in [0, 0.1) is 6.92 Å². The Morgan fingerprint density at radius 3 is 2.73 bits per heavy atom. The van der Waals surface area contributed by atoms with Gasteiger partial charge in [-0.15, -0.1) is 0 Å². The second kappa shape index (κ2) is 8.15. The summed E-state index contributed by atoms with van der Waals surface area (Å²) in [5.74, 6) is -0.0235. The summed E-state index contributed by atoms with van der Waals surface area (Å²) in [5, 5.41) is 0.103. The lowest BCUT2D eigenvalue weighted by molar-refractivity contribution is -0.0256. The number of nitrogens with zero attached hydrogens (tertiary/aromatic N) is 4. The average molecular weight is 400 g/mol. The van der Waals surface area contributed by atoms with Gasteiger partial charge in [0.2, 0.25) is 5.95 Å². The lowest BCUT2D eigenvalue weighted by Crippen LogP contribution is -2.26. The average Bonchev–Trinajstić information content (AvgIpc) is 3.01. The van der Waals surface area contributed by atoms with Crippen molar-refractivity contribution in [3.8, 4) is 0 Å². The number of benzene rings is 1. The Morgan fingerprint density at radius 1 is 1.31 bits per heavy atom. The minimum atomic E-state index is -1.57. The third-order valence-corrected chi connectivity index (χ3v) is 4.92. The van der Waals surface area contributed by atoms with E-state index in [9.17, 15) is 8.78 Å². The van der Waals surface area contributed by atoms with Crippen LogP contribution in [0.1, 0.15) is 5.56 Å². The minimum Gasteiger partial charge on any atom is -0.368 e. The van der Waals surface area contributed by atoms with Crippen molar-refractivity contribution in [3.63, 3.8) is 0 Å². The molecule has 0 aliphatic carbocycles. The molecule has 2 aromatic heterocycles. The molecule has 0 fully saturated rings. The molecule has 2 heterocycles. The topological polar surface area (TPSA) is 78.8 Å². The van der Waals surface area contributed by atoms with E-state index in [1.807, 2.05) is 19.1 Å². The molecule has 10 heteroatoms. The van der Waals surface area contributed by atoms with Gasteiger partial charge in [-0.1, -0.05) is 41.1 Å². The minimum absolute atomic E-state index is 0.0235. The smallest absolute Gasteiger partial charge is 0.223 e. The molecule has 0 aliphatic rings. The first-order chi connectivity index (χ1) is 12.5. The van der Waals surface area contributed by atoms with Crippen molar-refractivity contribution in [1.29, 1.82) is 0 Å². The van der Waals surface area contributed by atoms with E-state index in [1.54, 1.807) is 12.1 Å². The molecule has 2 atom stereocenters. The van der Waals surface area contributed by atoms with Gasteiger partial charge in [-0.05, 0) is 19.1 Å². The fourth-order valence-electron chi connectivity index (χ4n) is 2.21. The van der Waals surface area contributed by atoms with Gasteiger partial charge in [0.1, 0.15) is 25.0 Å². The fraction of sp³-hybridized carbons (Fsp3) is 0.312. The van der Waals surface area contributed by atoms with Crippen LogP contribution in [-0.4, -0.2) is 37.8 Å². The molecule has 2 N–H and O–H groups in total. The van der Waals surface area contributed by atoms with Gasteiger partial charge >= 0.3 is 0 Å². The van der Waals surface area contributed by atoms with Crippen molar-refractivity contribution in [2.75, 3.05) is 12.4 Å². The first kappa shape index (κ1) is 18.8. The normalized spacial score (nSPS) is 13.8. The second-order valence-electron chi connectivity index (χ2n) is 5.53. The Labute approximate surface area is 157 Å². The molecule has 0 spiro atoms. The molecule has 0 saturated heterocycles. The highest BCUT2D eigenvalue weighted by Gasteiger charge is 2.24. The quantitative estimate of drug-likeness (QED) is 0.481. The highest BCUT2D eigenvalue weighted by molar-refractivity contribution is 7.99. The molecule has 6 nitrogen and oxygen atoms in total. The number of hydrogen-bond acceptors (Lipinski definition) is 6. The first-order valence-electron chi connectivity index (χ1n) is 7.66. The molecule has 0 aliphatic heterocycles. The van der Waals surface area contributed by atoms with E-state index in [2.05, 4.69) is 15.0 Å². The lowest BCUT2D eigenvalue weighted by Gasteiger charge is -2.19. The number of ether oxygens (including phenoxy) is 1. The van der Waals surface area contributed by atoms with Crippen molar-refractivity contribution in [2.45, 2.75) is 30.2 Å². The van der Waals surface area contributed by atoms with Crippen LogP contribution < -0.4 is 5.73 Å². The maximum Gasteiger partial charge on any atom is 0.223 e. The molecule has 0 amide bonds. The maximum atomic E-state index is 14.4. The molecule has 26 heavy (non-hydrogen) atoms. The number of alkyl halides is 2. The molecular weight excluding hydrogens is 384 g/mol. The molecule has 0 radical (unpaired) electrons. The summed E-state index contributed by atoms with van der Waals surface area (Å²) >= 11 is 6.85. The van der Waals surface area contributed by atoms with Crippen LogP contribution in [0.2, 0.25) is 5.15 Å². The standard InChI is InChI=1S/C16H16ClF2N5OS/c1-9-2-4-10(5-3-9)26-14(19)11(6-18)25-8-24-7-21-12-13(17)22-16(20)23-15(12)24/h2-5,7,11,14H,6,8H2,1H3,(H2,20,22,23)/t11-,14-/m0/s1. The molecule has 0 bridgehead atoms. The highest BCUT2D eigenvalue weighted by atomic mass is 35.5.